The zero-order valence-electron chi connectivity index (χ0n) is 21.0. The first kappa shape index (κ1) is 24.3. The standard InChI is InChI=1S/C27H39N3O5/c1-3-9-35-26-21(6-7-22(28-26)30-8-4-5-17(16-30)12-23(31)34-2)25(32)29-24-19-10-18-11-20(24)15-27(33,13-18)14-19/h6-7,17-20,24,33H,3-5,8-16H2,1-2H3,(H,29,32)/t17-,18?,19?,20?,24-,27-/m0/s1. The summed E-state index contributed by atoms with van der Waals surface area (Å²) in [6.07, 6.45) is 7.92. The number of amides is 1. The fraction of sp³-hybridized carbons (Fsp3) is 0.741. The van der Waals surface area contributed by atoms with Gasteiger partial charge in [-0.1, -0.05) is 6.92 Å². The highest BCUT2D eigenvalue weighted by molar-refractivity contribution is 5.97. The number of carbonyl (C=O) groups excluding carboxylic acids is 2. The van der Waals surface area contributed by atoms with Crippen LogP contribution in [0.2, 0.25) is 0 Å². The largest absolute Gasteiger partial charge is 0.477 e. The van der Waals surface area contributed by atoms with Crippen LogP contribution in [0.15, 0.2) is 12.1 Å². The number of esters is 1. The Hall–Kier alpha value is -2.35. The summed E-state index contributed by atoms with van der Waals surface area (Å²) < 4.78 is 10.8. The molecule has 2 N–H and O–H groups in total. The molecule has 8 heteroatoms. The minimum Gasteiger partial charge on any atom is -0.477 e. The number of pyridine rings is 1. The van der Waals surface area contributed by atoms with Crippen LogP contribution in [0.5, 0.6) is 5.88 Å². The zero-order valence-corrected chi connectivity index (χ0v) is 21.0. The van der Waals surface area contributed by atoms with Crippen LogP contribution in [0.1, 0.15) is 75.1 Å². The van der Waals surface area contributed by atoms with Gasteiger partial charge in [0, 0.05) is 25.6 Å². The molecule has 6 rings (SSSR count). The molecule has 4 bridgehead atoms. The molecule has 4 saturated carbocycles. The number of methoxy groups -OCH3 is 1. The number of ether oxygens (including phenoxy) is 2. The molecule has 0 spiro atoms. The molecule has 3 atom stereocenters. The number of hydrogen-bond donors (Lipinski definition) is 2. The quantitative estimate of drug-likeness (QED) is 0.545. The Kier molecular flexibility index (Phi) is 6.93. The maximum absolute atomic E-state index is 13.4. The lowest BCUT2D eigenvalue weighted by Crippen LogP contribution is -2.61. The maximum atomic E-state index is 13.4. The summed E-state index contributed by atoms with van der Waals surface area (Å²) in [4.78, 5) is 32.1. The molecule has 5 fully saturated rings. The highest BCUT2D eigenvalue weighted by atomic mass is 16.5. The van der Waals surface area contributed by atoms with Gasteiger partial charge in [-0.3, -0.25) is 9.59 Å². The van der Waals surface area contributed by atoms with Crippen molar-refractivity contribution in [2.75, 3.05) is 31.7 Å². The lowest BCUT2D eigenvalue weighted by atomic mass is 9.52. The van der Waals surface area contributed by atoms with Crippen LogP contribution in [-0.2, 0) is 9.53 Å². The Morgan fingerprint density at radius 3 is 2.69 bits per heavy atom. The minimum atomic E-state index is -0.517. The van der Waals surface area contributed by atoms with Crippen LogP contribution < -0.4 is 15.0 Å². The average Bonchev–Trinajstić information content (AvgIpc) is 2.83. The smallest absolute Gasteiger partial charge is 0.305 e. The van der Waals surface area contributed by atoms with Gasteiger partial charge in [-0.2, -0.15) is 4.98 Å². The monoisotopic (exact) mass is 485 g/mol. The molecule has 192 valence electrons. The number of hydrogen-bond acceptors (Lipinski definition) is 7. The van der Waals surface area contributed by atoms with Gasteiger partial charge in [0.2, 0.25) is 5.88 Å². The second kappa shape index (κ2) is 9.96. The van der Waals surface area contributed by atoms with Crippen LogP contribution in [0.25, 0.3) is 0 Å². The van der Waals surface area contributed by atoms with Crippen molar-refractivity contribution in [1.82, 2.24) is 10.3 Å². The predicted octanol–water partition coefficient (Wildman–Crippen LogP) is 3.32. The number of piperidine rings is 1. The van der Waals surface area contributed by atoms with Crippen molar-refractivity contribution in [3.8, 4) is 5.88 Å². The number of aromatic nitrogens is 1. The molecule has 1 aliphatic heterocycles. The summed E-state index contributed by atoms with van der Waals surface area (Å²) in [6.45, 7) is 4.12. The predicted molar refractivity (Wildman–Crippen MR) is 131 cm³/mol. The Balaban J connectivity index is 1.31. The molecule has 1 aromatic heterocycles. The van der Waals surface area contributed by atoms with E-state index in [4.69, 9.17) is 14.5 Å². The van der Waals surface area contributed by atoms with E-state index in [9.17, 15) is 14.7 Å². The molecule has 0 aromatic carbocycles. The van der Waals surface area contributed by atoms with E-state index >= 15 is 0 Å². The number of nitrogens with one attached hydrogen (secondary N) is 1. The number of nitrogens with zero attached hydrogens (tertiary/aromatic N) is 2. The Morgan fingerprint density at radius 2 is 2.00 bits per heavy atom. The van der Waals surface area contributed by atoms with E-state index < -0.39 is 5.60 Å². The van der Waals surface area contributed by atoms with Crippen molar-refractivity contribution >= 4 is 17.7 Å². The summed E-state index contributed by atoms with van der Waals surface area (Å²) in [7, 11) is 1.43. The Labute approximate surface area is 207 Å². The fourth-order valence-corrected chi connectivity index (χ4v) is 7.29. The Bertz CT molecular complexity index is 937. The van der Waals surface area contributed by atoms with Gasteiger partial charge in [0.1, 0.15) is 11.4 Å². The van der Waals surface area contributed by atoms with Gasteiger partial charge >= 0.3 is 5.97 Å². The summed E-state index contributed by atoms with van der Waals surface area (Å²) in [5.41, 5.74) is -0.0471. The fourth-order valence-electron chi connectivity index (χ4n) is 7.29. The van der Waals surface area contributed by atoms with Gasteiger partial charge in [-0.25, -0.2) is 0 Å². The van der Waals surface area contributed by atoms with Crippen LogP contribution in [0.4, 0.5) is 5.82 Å². The van der Waals surface area contributed by atoms with Crippen molar-refractivity contribution in [3.05, 3.63) is 17.7 Å². The minimum absolute atomic E-state index is 0.110. The average molecular weight is 486 g/mol. The van der Waals surface area contributed by atoms with Crippen LogP contribution >= 0.6 is 0 Å². The molecule has 35 heavy (non-hydrogen) atoms. The first-order chi connectivity index (χ1) is 16.9. The molecule has 1 saturated heterocycles. The van der Waals surface area contributed by atoms with Crippen LogP contribution in [-0.4, -0.2) is 60.4 Å². The number of carbonyl (C=O) groups is 2. The lowest BCUT2D eigenvalue weighted by Gasteiger charge is -2.58. The van der Waals surface area contributed by atoms with Gasteiger partial charge in [-0.05, 0) is 87.2 Å². The molecular formula is C27H39N3O5. The summed E-state index contributed by atoms with van der Waals surface area (Å²) >= 11 is 0. The lowest BCUT2D eigenvalue weighted by molar-refractivity contribution is -0.141. The van der Waals surface area contributed by atoms with E-state index in [0.29, 0.717) is 42.2 Å². The van der Waals surface area contributed by atoms with E-state index in [2.05, 4.69) is 10.2 Å². The number of anilines is 1. The highest BCUT2D eigenvalue weighted by Gasteiger charge is 2.55. The third-order valence-electron chi connectivity index (χ3n) is 8.60. The molecule has 4 aliphatic carbocycles. The molecule has 8 nitrogen and oxygen atoms in total. The Morgan fingerprint density at radius 1 is 1.23 bits per heavy atom. The SMILES string of the molecule is CCCOc1nc(N2CCC[C@@H](CC(=O)OC)C2)ccc1C(=O)N[C@H]1C2CC3CC1C[C@](O)(C3)C2. The topological polar surface area (TPSA) is 101 Å². The van der Waals surface area contributed by atoms with E-state index in [1.54, 1.807) is 0 Å². The number of rotatable bonds is 8. The maximum Gasteiger partial charge on any atom is 0.305 e. The number of aliphatic hydroxyl groups is 1. The second-order valence-corrected chi connectivity index (χ2v) is 11.3. The van der Waals surface area contributed by atoms with Crippen molar-refractivity contribution in [2.24, 2.45) is 23.7 Å². The molecule has 1 aromatic rings. The molecule has 1 amide bonds. The molecular weight excluding hydrogens is 446 g/mol. The van der Waals surface area contributed by atoms with Crippen molar-refractivity contribution in [1.29, 1.82) is 0 Å². The first-order valence-corrected chi connectivity index (χ1v) is 13.4. The molecule has 2 heterocycles. The first-order valence-electron chi connectivity index (χ1n) is 13.4. The van der Waals surface area contributed by atoms with Crippen molar-refractivity contribution < 1.29 is 24.2 Å². The van der Waals surface area contributed by atoms with Gasteiger partial charge in [0.05, 0.1) is 19.3 Å². The van der Waals surface area contributed by atoms with Gasteiger partial charge < -0.3 is 24.8 Å². The normalized spacial score (nSPS) is 33.5. The summed E-state index contributed by atoms with van der Waals surface area (Å²) in [6, 6.07) is 3.84. The van der Waals surface area contributed by atoms with E-state index in [1.165, 1.54) is 7.11 Å². The second-order valence-electron chi connectivity index (χ2n) is 11.3. The summed E-state index contributed by atoms with van der Waals surface area (Å²) in [5.74, 6) is 2.36. The zero-order chi connectivity index (χ0) is 24.6. The highest BCUT2D eigenvalue weighted by Crippen LogP contribution is 2.55. The van der Waals surface area contributed by atoms with Gasteiger partial charge in [0.15, 0.2) is 0 Å². The van der Waals surface area contributed by atoms with E-state index in [1.807, 2.05) is 19.1 Å². The van der Waals surface area contributed by atoms with Crippen molar-refractivity contribution in [2.45, 2.75) is 76.4 Å². The molecule has 5 aliphatic rings. The van der Waals surface area contributed by atoms with Gasteiger partial charge in [-0.15, -0.1) is 0 Å². The third-order valence-corrected chi connectivity index (χ3v) is 8.60. The summed E-state index contributed by atoms with van der Waals surface area (Å²) in [5, 5.41) is 14.2. The van der Waals surface area contributed by atoms with Crippen LogP contribution in [0.3, 0.4) is 0 Å². The van der Waals surface area contributed by atoms with Crippen molar-refractivity contribution in [3.63, 3.8) is 0 Å². The van der Waals surface area contributed by atoms with Crippen LogP contribution in [0, 0.1) is 23.7 Å². The molecule has 2 unspecified atom stereocenters. The van der Waals surface area contributed by atoms with E-state index in [-0.39, 0.29) is 23.8 Å². The third kappa shape index (κ3) is 5.13. The van der Waals surface area contributed by atoms with Gasteiger partial charge in [0.25, 0.3) is 5.91 Å². The van der Waals surface area contributed by atoms with E-state index in [0.717, 1.165) is 70.3 Å². The molecule has 0 radical (unpaired) electrons.